The minimum atomic E-state index is -0.840. The van der Waals surface area contributed by atoms with Gasteiger partial charge in [-0.25, -0.2) is 0 Å². The van der Waals surface area contributed by atoms with Crippen LogP contribution in [-0.2, 0) is 9.59 Å². The highest BCUT2D eigenvalue weighted by atomic mass is 79.9. The van der Waals surface area contributed by atoms with Crippen LogP contribution in [0.15, 0.2) is 82.8 Å². The molecule has 7 heteroatoms. The van der Waals surface area contributed by atoms with Crippen molar-refractivity contribution in [1.82, 2.24) is 0 Å². The quantitative estimate of drug-likeness (QED) is 0.219. The van der Waals surface area contributed by atoms with Crippen molar-refractivity contribution in [3.63, 3.8) is 0 Å². The summed E-state index contributed by atoms with van der Waals surface area (Å²) in [6.07, 6.45) is -0.0505. The Hall–Kier alpha value is -3.58. The Morgan fingerprint density at radius 3 is 2.31 bits per heavy atom. The smallest absolute Gasteiger partial charge is 0.300 e. The lowest BCUT2D eigenvalue weighted by molar-refractivity contribution is -0.132. The average molecular weight is 536 g/mol. The highest BCUT2D eigenvalue weighted by molar-refractivity contribution is 9.10. The first-order chi connectivity index (χ1) is 16.8. The summed E-state index contributed by atoms with van der Waals surface area (Å²) in [4.78, 5) is 28.1. The molecule has 1 unspecified atom stereocenters. The zero-order valence-electron chi connectivity index (χ0n) is 19.7. The maximum Gasteiger partial charge on any atom is 0.300 e. The van der Waals surface area contributed by atoms with E-state index >= 15 is 0 Å². The molecule has 0 aromatic heterocycles. The Balaban J connectivity index is 1.89. The summed E-state index contributed by atoms with van der Waals surface area (Å²) >= 11 is 3.38. The molecule has 1 saturated heterocycles. The Morgan fingerprint density at radius 1 is 1.00 bits per heavy atom. The van der Waals surface area contributed by atoms with Gasteiger partial charge in [-0.05, 0) is 74.9 Å². The Morgan fingerprint density at radius 2 is 1.69 bits per heavy atom. The van der Waals surface area contributed by atoms with Crippen LogP contribution in [0.1, 0.15) is 37.9 Å². The lowest BCUT2D eigenvalue weighted by Gasteiger charge is -2.26. The maximum absolute atomic E-state index is 13.3. The van der Waals surface area contributed by atoms with E-state index in [9.17, 15) is 14.7 Å². The van der Waals surface area contributed by atoms with Crippen LogP contribution in [0.3, 0.4) is 0 Å². The number of carbonyl (C=O) groups excluding carboxylic acids is 2. The molecule has 0 radical (unpaired) electrons. The molecule has 3 aromatic rings. The van der Waals surface area contributed by atoms with E-state index in [2.05, 4.69) is 15.9 Å². The van der Waals surface area contributed by atoms with E-state index in [4.69, 9.17) is 9.47 Å². The van der Waals surface area contributed by atoms with Crippen molar-refractivity contribution >= 4 is 39.1 Å². The molecule has 1 heterocycles. The fourth-order valence-electron chi connectivity index (χ4n) is 4.08. The normalized spacial score (nSPS) is 17.2. The molecule has 1 fully saturated rings. The van der Waals surface area contributed by atoms with Crippen LogP contribution in [0, 0.1) is 0 Å². The molecule has 1 aliphatic heterocycles. The third-order valence-electron chi connectivity index (χ3n) is 5.53. The molecule has 6 nitrogen and oxygen atoms in total. The number of aliphatic hydroxyl groups is 1. The zero-order chi connectivity index (χ0) is 25.1. The summed E-state index contributed by atoms with van der Waals surface area (Å²) in [5.41, 5.74) is 1.63. The van der Waals surface area contributed by atoms with E-state index in [1.54, 1.807) is 54.6 Å². The number of ether oxygens (including phenoxy) is 2. The van der Waals surface area contributed by atoms with Gasteiger partial charge in [0.25, 0.3) is 11.7 Å². The number of anilines is 1. The second-order valence-electron chi connectivity index (χ2n) is 8.34. The minimum Gasteiger partial charge on any atom is -0.507 e. The number of rotatable bonds is 7. The molecule has 0 aliphatic carbocycles. The zero-order valence-corrected chi connectivity index (χ0v) is 21.3. The van der Waals surface area contributed by atoms with Crippen molar-refractivity contribution in [1.29, 1.82) is 0 Å². The number of aliphatic hydroxyl groups excluding tert-OH is 1. The van der Waals surface area contributed by atoms with E-state index in [-0.39, 0.29) is 17.4 Å². The summed E-state index contributed by atoms with van der Waals surface area (Å²) in [6.45, 7) is 6.25. The van der Waals surface area contributed by atoms with Crippen LogP contribution in [0.25, 0.3) is 5.76 Å². The van der Waals surface area contributed by atoms with Crippen molar-refractivity contribution < 1.29 is 24.2 Å². The second kappa shape index (κ2) is 10.4. The number of hydrogen-bond acceptors (Lipinski definition) is 5. The monoisotopic (exact) mass is 535 g/mol. The predicted octanol–water partition coefficient (Wildman–Crippen LogP) is 6.26. The highest BCUT2D eigenvalue weighted by Crippen LogP contribution is 2.43. The Labute approximate surface area is 212 Å². The molecule has 35 heavy (non-hydrogen) atoms. The van der Waals surface area contributed by atoms with E-state index in [0.29, 0.717) is 34.9 Å². The molecule has 3 aromatic carbocycles. The topological polar surface area (TPSA) is 76.1 Å². The van der Waals surface area contributed by atoms with Gasteiger partial charge in [-0.1, -0.05) is 40.2 Å². The van der Waals surface area contributed by atoms with Crippen molar-refractivity contribution in [3.05, 3.63) is 94.0 Å². The molecular weight excluding hydrogens is 510 g/mol. The molecule has 180 valence electrons. The van der Waals surface area contributed by atoms with Gasteiger partial charge in [-0.2, -0.15) is 0 Å². The standard InChI is InChI=1S/C28H26BrNO5/c1-4-34-22-14-12-21(13-15-22)30-25(19-6-5-7-23(16-19)35-17(2)3)24(27(32)28(30)33)26(31)18-8-10-20(29)11-9-18/h5-17,25,31H,4H2,1-3H3/b26-24-. The van der Waals surface area contributed by atoms with Crippen molar-refractivity contribution in [2.24, 2.45) is 0 Å². The van der Waals surface area contributed by atoms with Crippen molar-refractivity contribution in [3.8, 4) is 11.5 Å². The third-order valence-corrected chi connectivity index (χ3v) is 6.06. The van der Waals surface area contributed by atoms with Gasteiger partial charge < -0.3 is 14.6 Å². The minimum absolute atomic E-state index is 0.0212. The van der Waals surface area contributed by atoms with Crippen LogP contribution in [0.4, 0.5) is 5.69 Å². The molecule has 0 spiro atoms. The number of Topliss-reactive ketones (excluding diaryl/α,β-unsaturated/α-hetero) is 1. The van der Waals surface area contributed by atoms with Crippen molar-refractivity contribution in [2.45, 2.75) is 32.9 Å². The summed E-state index contributed by atoms with van der Waals surface area (Å²) in [5.74, 6) is -0.429. The first-order valence-corrected chi connectivity index (χ1v) is 12.2. The first kappa shape index (κ1) is 24.5. The fourth-order valence-corrected chi connectivity index (χ4v) is 4.34. The van der Waals surface area contributed by atoms with Crippen LogP contribution in [-0.4, -0.2) is 29.5 Å². The van der Waals surface area contributed by atoms with Gasteiger partial charge in [0.05, 0.1) is 24.3 Å². The number of carbonyl (C=O) groups is 2. The first-order valence-electron chi connectivity index (χ1n) is 11.4. The predicted molar refractivity (Wildman–Crippen MR) is 139 cm³/mol. The molecule has 1 atom stereocenters. The number of benzene rings is 3. The van der Waals surface area contributed by atoms with Crippen LogP contribution in [0.5, 0.6) is 11.5 Å². The molecule has 1 amide bonds. The van der Waals surface area contributed by atoms with Gasteiger partial charge in [0.1, 0.15) is 17.3 Å². The molecule has 1 N–H and O–H groups in total. The number of halogens is 1. The molecule has 0 bridgehead atoms. The third kappa shape index (κ3) is 5.10. The second-order valence-corrected chi connectivity index (χ2v) is 9.26. The van der Waals surface area contributed by atoms with Crippen LogP contribution in [0.2, 0.25) is 0 Å². The van der Waals surface area contributed by atoms with Crippen LogP contribution < -0.4 is 14.4 Å². The van der Waals surface area contributed by atoms with E-state index < -0.39 is 17.7 Å². The Kier molecular flexibility index (Phi) is 7.26. The van der Waals surface area contributed by atoms with E-state index in [0.717, 1.165) is 4.47 Å². The molecule has 4 rings (SSSR count). The number of nitrogens with zero attached hydrogens (tertiary/aromatic N) is 1. The maximum atomic E-state index is 13.3. The average Bonchev–Trinajstić information content (AvgIpc) is 3.10. The lowest BCUT2D eigenvalue weighted by Crippen LogP contribution is -2.29. The van der Waals surface area contributed by atoms with E-state index in [1.165, 1.54) is 4.90 Å². The molecule has 0 saturated carbocycles. The highest BCUT2D eigenvalue weighted by Gasteiger charge is 2.47. The fraction of sp³-hybridized carbons (Fsp3) is 0.214. The summed E-state index contributed by atoms with van der Waals surface area (Å²) in [5, 5.41) is 11.2. The summed E-state index contributed by atoms with van der Waals surface area (Å²) in [7, 11) is 0. The van der Waals surface area contributed by atoms with Crippen molar-refractivity contribution in [2.75, 3.05) is 11.5 Å². The van der Waals surface area contributed by atoms with Crippen LogP contribution >= 0.6 is 15.9 Å². The van der Waals surface area contributed by atoms with Gasteiger partial charge in [-0.3, -0.25) is 14.5 Å². The number of amides is 1. The summed E-state index contributed by atoms with van der Waals surface area (Å²) < 4.78 is 12.2. The van der Waals surface area contributed by atoms with Gasteiger partial charge in [0.2, 0.25) is 0 Å². The number of hydrogen-bond donors (Lipinski definition) is 1. The van der Waals surface area contributed by atoms with Gasteiger partial charge in [0.15, 0.2) is 0 Å². The van der Waals surface area contributed by atoms with Gasteiger partial charge in [0, 0.05) is 15.7 Å². The largest absolute Gasteiger partial charge is 0.507 e. The Bertz CT molecular complexity index is 1270. The molecule has 1 aliphatic rings. The molecular formula is C28H26BrNO5. The number of ketones is 1. The summed E-state index contributed by atoms with van der Waals surface area (Å²) in [6, 6.07) is 20.3. The SMILES string of the molecule is CCOc1ccc(N2C(=O)C(=O)/C(=C(\O)c3ccc(Br)cc3)C2c2cccc(OC(C)C)c2)cc1. The van der Waals surface area contributed by atoms with Gasteiger partial charge >= 0.3 is 0 Å². The van der Waals surface area contributed by atoms with Gasteiger partial charge in [-0.15, -0.1) is 0 Å². The lowest BCUT2D eigenvalue weighted by atomic mass is 9.95. The van der Waals surface area contributed by atoms with E-state index in [1.807, 2.05) is 39.0 Å².